The van der Waals surface area contributed by atoms with E-state index in [2.05, 4.69) is 16.4 Å². The summed E-state index contributed by atoms with van der Waals surface area (Å²) < 4.78 is 1.73. The maximum atomic E-state index is 12.9. The maximum absolute atomic E-state index is 12.9. The fraction of sp³-hybridized carbons (Fsp3) is 0.600. The second-order valence-corrected chi connectivity index (χ2v) is 8.92. The van der Waals surface area contributed by atoms with E-state index in [1.165, 1.54) is 24.1 Å². The van der Waals surface area contributed by atoms with Gasteiger partial charge in [-0.15, -0.1) is 16.4 Å². The SMILES string of the molecule is Cc1cc(C(=O)C[C@H](c2cn(C3(C#N)CC3)nn2)C2CCCCC2)cs1. The number of thiophene rings is 1. The fourth-order valence-corrected chi connectivity index (χ4v) is 4.83. The van der Waals surface area contributed by atoms with E-state index >= 15 is 0 Å². The summed E-state index contributed by atoms with van der Waals surface area (Å²) >= 11 is 1.62. The third-order valence-electron chi connectivity index (χ3n) is 5.94. The molecule has 4 rings (SSSR count). The molecule has 0 N–H and O–H groups in total. The Labute approximate surface area is 158 Å². The van der Waals surface area contributed by atoms with Crippen molar-refractivity contribution in [1.82, 2.24) is 15.0 Å². The summed E-state index contributed by atoms with van der Waals surface area (Å²) in [7, 11) is 0. The third-order valence-corrected chi connectivity index (χ3v) is 6.80. The van der Waals surface area contributed by atoms with E-state index in [-0.39, 0.29) is 11.7 Å². The molecule has 0 saturated heterocycles. The molecule has 2 saturated carbocycles. The van der Waals surface area contributed by atoms with Crippen molar-refractivity contribution in [3.63, 3.8) is 0 Å². The van der Waals surface area contributed by atoms with Crippen LogP contribution in [0.5, 0.6) is 0 Å². The molecule has 2 heterocycles. The quantitative estimate of drug-likeness (QED) is 0.699. The monoisotopic (exact) mass is 368 g/mol. The predicted octanol–water partition coefficient (Wildman–Crippen LogP) is 4.60. The molecule has 2 aliphatic carbocycles. The lowest BCUT2D eigenvalue weighted by molar-refractivity contribution is 0.0957. The Hall–Kier alpha value is -2.00. The largest absolute Gasteiger partial charge is 0.294 e. The standard InChI is InChI=1S/C20H24N4OS/c1-14-9-16(12-26-14)19(25)10-17(15-5-3-2-4-6-15)18-11-24(23-22-18)20(13-21)7-8-20/h9,11-12,15,17H,2-8,10H2,1H3/t17-/m0/s1. The molecule has 0 radical (unpaired) electrons. The first-order valence-electron chi connectivity index (χ1n) is 9.54. The number of hydrogen-bond acceptors (Lipinski definition) is 5. The molecule has 1 atom stereocenters. The smallest absolute Gasteiger partial charge is 0.164 e. The summed E-state index contributed by atoms with van der Waals surface area (Å²) in [5, 5.41) is 20.0. The first-order valence-corrected chi connectivity index (χ1v) is 10.4. The highest BCUT2D eigenvalue weighted by molar-refractivity contribution is 7.10. The molecule has 0 aromatic carbocycles. The number of rotatable bonds is 6. The first-order chi connectivity index (χ1) is 12.6. The summed E-state index contributed by atoms with van der Waals surface area (Å²) in [6.07, 6.45) is 10.1. The van der Waals surface area contributed by atoms with Gasteiger partial charge in [0.25, 0.3) is 0 Å². The van der Waals surface area contributed by atoms with Crippen molar-refractivity contribution in [2.75, 3.05) is 0 Å². The Bertz CT molecular complexity index is 836. The van der Waals surface area contributed by atoms with Crippen LogP contribution in [0.1, 0.15) is 78.2 Å². The minimum Gasteiger partial charge on any atom is -0.294 e. The van der Waals surface area contributed by atoms with E-state index in [0.29, 0.717) is 12.3 Å². The van der Waals surface area contributed by atoms with Crippen LogP contribution in [-0.2, 0) is 5.54 Å². The lowest BCUT2D eigenvalue weighted by Crippen LogP contribution is -2.20. The lowest BCUT2D eigenvalue weighted by atomic mass is 9.76. The number of aryl methyl sites for hydroxylation is 1. The molecule has 26 heavy (non-hydrogen) atoms. The third kappa shape index (κ3) is 3.33. The summed E-state index contributed by atoms with van der Waals surface area (Å²) in [6, 6.07) is 4.35. The Morgan fingerprint density at radius 3 is 2.81 bits per heavy atom. The van der Waals surface area contributed by atoms with Gasteiger partial charge in [-0.05, 0) is 44.6 Å². The molecule has 0 amide bonds. The number of carbonyl (C=O) groups excluding carboxylic acids is 1. The molecule has 0 unspecified atom stereocenters. The molecule has 0 spiro atoms. The van der Waals surface area contributed by atoms with Gasteiger partial charge in [0.15, 0.2) is 11.3 Å². The summed E-state index contributed by atoms with van der Waals surface area (Å²) in [4.78, 5) is 14.0. The summed E-state index contributed by atoms with van der Waals surface area (Å²) in [5.74, 6) is 0.780. The molecule has 5 nitrogen and oxygen atoms in total. The Kier molecular flexibility index (Phi) is 4.66. The molecule has 2 aromatic rings. The highest BCUT2D eigenvalue weighted by Crippen LogP contribution is 2.43. The van der Waals surface area contributed by atoms with Crippen LogP contribution in [0.15, 0.2) is 17.6 Å². The van der Waals surface area contributed by atoms with Crippen LogP contribution >= 0.6 is 11.3 Å². The lowest BCUT2D eigenvalue weighted by Gasteiger charge is -2.28. The highest BCUT2D eigenvalue weighted by atomic mass is 32.1. The molecule has 0 bridgehead atoms. The van der Waals surface area contributed by atoms with Crippen molar-refractivity contribution in [3.05, 3.63) is 33.8 Å². The maximum Gasteiger partial charge on any atom is 0.164 e. The van der Waals surface area contributed by atoms with Crippen LogP contribution in [0.4, 0.5) is 0 Å². The van der Waals surface area contributed by atoms with Gasteiger partial charge in [0.1, 0.15) is 0 Å². The predicted molar refractivity (Wildman–Crippen MR) is 100 cm³/mol. The van der Waals surface area contributed by atoms with Crippen molar-refractivity contribution in [2.45, 2.75) is 69.7 Å². The van der Waals surface area contributed by atoms with Gasteiger partial charge in [0.2, 0.25) is 0 Å². The molecule has 2 aromatic heterocycles. The Morgan fingerprint density at radius 1 is 1.42 bits per heavy atom. The van der Waals surface area contributed by atoms with E-state index in [9.17, 15) is 10.1 Å². The molecule has 136 valence electrons. The van der Waals surface area contributed by atoms with E-state index in [4.69, 9.17) is 0 Å². The number of hydrogen-bond donors (Lipinski definition) is 0. The average Bonchev–Trinajstić information content (AvgIpc) is 3.09. The number of carbonyl (C=O) groups is 1. The van der Waals surface area contributed by atoms with Crippen molar-refractivity contribution in [3.8, 4) is 6.07 Å². The normalized spacial score (nSPS) is 20.5. The number of aromatic nitrogens is 3. The van der Waals surface area contributed by atoms with Gasteiger partial charge in [0.05, 0.1) is 18.0 Å². The van der Waals surface area contributed by atoms with Crippen LogP contribution in [0, 0.1) is 24.2 Å². The molecule has 2 fully saturated rings. The first kappa shape index (κ1) is 17.4. The van der Waals surface area contributed by atoms with E-state index < -0.39 is 5.54 Å². The minimum atomic E-state index is -0.489. The minimum absolute atomic E-state index is 0.103. The van der Waals surface area contributed by atoms with Gasteiger partial charge < -0.3 is 0 Å². The topological polar surface area (TPSA) is 71.6 Å². The van der Waals surface area contributed by atoms with Gasteiger partial charge in [-0.2, -0.15) is 5.26 Å². The second kappa shape index (κ2) is 6.96. The molecule has 6 heteroatoms. The van der Waals surface area contributed by atoms with Gasteiger partial charge >= 0.3 is 0 Å². The molecule has 0 aliphatic heterocycles. The van der Waals surface area contributed by atoms with E-state index in [1.54, 1.807) is 16.0 Å². The van der Waals surface area contributed by atoms with Gasteiger partial charge in [-0.1, -0.05) is 24.5 Å². The number of ketones is 1. The molecular formula is C20H24N4OS. The van der Waals surface area contributed by atoms with E-state index in [1.807, 2.05) is 24.6 Å². The van der Waals surface area contributed by atoms with Crippen LogP contribution in [0.25, 0.3) is 0 Å². The number of nitriles is 1. The van der Waals surface area contributed by atoms with E-state index in [0.717, 1.165) is 36.9 Å². The summed E-state index contributed by atoms with van der Waals surface area (Å²) in [6.45, 7) is 2.03. The van der Waals surface area contributed by atoms with Gasteiger partial charge in [-0.25, -0.2) is 4.68 Å². The van der Waals surface area contributed by atoms with Crippen LogP contribution < -0.4 is 0 Å². The van der Waals surface area contributed by atoms with Gasteiger partial charge in [-0.3, -0.25) is 4.79 Å². The Balaban J connectivity index is 1.58. The van der Waals surface area contributed by atoms with Crippen LogP contribution in [-0.4, -0.2) is 20.8 Å². The van der Waals surface area contributed by atoms with Gasteiger partial charge in [0, 0.05) is 28.2 Å². The number of nitrogens with zero attached hydrogens (tertiary/aromatic N) is 4. The van der Waals surface area contributed by atoms with Crippen molar-refractivity contribution < 1.29 is 4.79 Å². The highest BCUT2D eigenvalue weighted by Gasteiger charge is 2.47. The van der Waals surface area contributed by atoms with Crippen molar-refractivity contribution in [2.24, 2.45) is 5.92 Å². The number of Topliss-reactive ketones (excluding diaryl/α,β-unsaturated/α-hetero) is 1. The zero-order chi connectivity index (χ0) is 18.1. The van der Waals surface area contributed by atoms with Crippen LogP contribution in [0.2, 0.25) is 0 Å². The molecule has 2 aliphatic rings. The van der Waals surface area contributed by atoms with Crippen molar-refractivity contribution >= 4 is 17.1 Å². The van der Waals surface area contributed by atoms with Crippen molar-refractivity contribution in [1.29, 1.82) is 5.26 Å². The zero-order valence-corrected chi connectivity index (χ0v) is 16.0. The second-order valence-electron chi connectivity index (χ2n) is 7.81. The fourth-order valence-electron chi connectivity index (χ4n) is 4.12. The average molecular weight is 369 g/mol. The summed E-state index contributed by atoms with van der Waals surface area (Å²) in [5.41, 5.74) is 1.21. The van der Waals surface area contributed by atoms with Crippen LogP contribution in [0.3, 0.4) is 0 Å². The molecular weight excluding hydrogens is 344 g/mol. The zero-order valence-electron chi connectivity index (χ0n) is 15.1. The Morgan fingerprint density at radius 2 is 2.19 bits per heavy atom.